The molecule has 0 radical (unpaired) electrons. The van der Waals surface area contributed by atoms with Crippen LogP contribution in [-0.2, 0) is 11.2 Å². The molecule has 0 aliphatic rings. The van der Waals surface area contributed by atoms with Crippen LogP contribution in [0.25, 0.3) is 0 Å². The molecule has 0 amide bonds. The molecule has 84 valence electrons. The first-order valence-corrected chi connectivity index (χ1v) is 5.80. The van der Waals surface area contributed by atoms with E-state index in [0.29, 0.717) is 5.92 Å². The van der Waals surface area contributed by atoms with Crippen LogP contribution < -0.4 is 0 Å². The van der Waals surface area contributed by atoms with E-state index < -0.39 is 0 Å². The lowest BCUT2D eigenvalue weighted by Crippen LogP contribution is -1.95. The summed E-state index contributed by atoms with van der Waals surface area (Å²) in [7, 11) is 1.74. The molecule has 0 saturated heterocycles. The Hall–Kier alpha value is -0.530. The maximum atomic E-state index is 6.13. The van der Waals surface area contributed by atoms with E-state index >= 15 is 0 Å². The second-order valence-corrected chi connectivity index (χ2v) is 4.51. The molecular weight excluding hydrogens is 208 g/mol. The summed E-state index contributed by atoms with van der Waals surface area (Å²) in [5.74, 6) is 0.486. The van der Waals surface area contributed by atoms with Crippen molar-refractivity contribution in [2.75, 3.05) is 13.7 Å². The number of hydrogen-bond acceptors (Lipinski definition) is 1. The van der Waals surface area contributed by atoms with E-state index in [0.717, 1.165) is 24.5 Å². The van der Waals surface area contributed by atoms with Crippen LogP contribution in [0.3, 0.4) is 0 Å². The molecule has 0 aromatic heterocycles. The summed E-state index contributed by atoms with van der Waals surface area (Å²) in [6, 6.07) is 6.31. The van der Waals surface area contributed by atoms with Crippen LogP contribution in [-0.4, -0.2) is 13.7 Å². The Balaban J connectivity index is 2.70. The summed E-state index contributed by atoms with van der Waals surface area (Å²) in [5, 5.41) is 0.875. The molecule has 0 atom stereocenters. The second-order valence-electron chi connectivity index (χ2n) is 4.11. The van der Waals surface area contributed by atoms with Crippen LogP contribution in [0.1, 0.15) is 37.3 Å². The highest BCUT2D eigenvalue weighted by molar-refractivity contribution is 6.31. The average molecular weight is 227 g/mol. The summed E-state index contributed by atoms with van der Waals surface area (Å²) in [6.45, 7) is 5.15. The van der Waals surface area contributed by atoms with Crippen molar-refractivity contribution in [2.24, 2.45) is 0 Å². The summed E-state index contributed by atoms with van der Waals surface area (Å²) in [4.78, 5) is 0. The summed E-state index contributed by atoms with van der Waals surface area (Å²) in [5.41, 5.74) is 2.59. The first kappa shape index (κ1) is 12.5. The van der Waals surface area contributed by atoms with Gasteiger partial charge < -0.3 is 4.74 Å². The zero-order chi connectivity index (χ0) is 11.3. The molecule has 0 heterocycles. The van der Waals surface area contributed by atoms with Crippen LogP contribution >= 0.6 is 11.6 Å². The Labute approximate surface area is 97.4 Å². The number of ether oxygens (including phenoxy) is 1. The van der Waals surface area contributed by atoms with Crippen molar-refractivity contribution in [3.05, 3.63) is 34.3 Å². The van der Waals surface area contributed by atoms with Gasteiger partial charge in [0.25, 0.3) is 0 Å². The maximum Gasteiger partial charge on any atom is 0.0465 e. The zero-order valence-corrected chi connectivity index (χ0v) is 10.5. The predicted octanol–water partition coefficient (Wildman–Crippen LogP) is 4.04. The van der Waals surface area contributed by atoms with E-state index in [2.05, 4.69) is 26.0 Å². The highest BCUT2D eigenvalue weighted by Gasteiger charge is 2.05. The fraction of sp³-hybridized carbons (Fsp3) is 0.538. The molecular formula is C13H19ClO. The van der Waals surface area contributed by atoms with E-state index in [-0.39, 0.29) is 0 Å². The standard InChI is InChI=1S/C13H19ClO/c1-10(2)12-9-11(5-4-8-15-3)6-7-13(12)14/h6-7,9-10H,4-5,8H2,1-3H3. The van der Waals surface area contributed by atoms with Gasteiger partial charge in [0.05, 0.1) is 0 Å². The van der Waals surface area contributed by atoms with Crippen LogP contribution in [0.5, 0.6) is 0 Å². The minimum absolute atomic E-state index is 0.486. The Morgan fingerprint density at radius 2 is 2.07 bits per heavy atom. The van der Waals surface area contributed by atoms with Gasteiger partial charge >= 0.3 is 0 Å². The van der Waals surface area contributed by atoms with Crippen molar-refractivity contribution in [1.29, 1.82) is 0 Å². The number of rotatable bonds is 5. The molecule has 0 bridgehead atoms. The van der Waals surface area contributed by atoms with Crippen molar-refractivity contribution in [3.8, 4) is 0 Å². The van der Waals surface area contributed by atoms with Crippen LogP contribution in [0, 0.1) is 0 Å². The molecule has 1 aromatic carbocycles. The molecule has 15 heavy (non-hydrogen) atoms. The first-order valence-electron chi connectivity index (χ1n) is 5.42. The van der Waals surface area contributed by atoms with Gasteiger partial charge in [0.2, 0.25) is 0 Å². The highest BCUT2D eigenvalue weighted by atomic mass is 35.5. The van der Waals surface area contributed by atoms with Crippen LogP contribution in [0.4, 0.5) is 0 Å². The number of hydrogen-bond donors (Lipinski definition) is 0. The van der Waals surface area contributed by atoms with Gasteiger partial charge in [-0.15, -0.1) is 0 Å². The van der Waals surface area contributed by atoms with Gasteiger partial charge in [-0.3, -0.25) is 0 Å². The molecule has 0 spiro atoms. The SMILES string of the molecule is COCCCc1ccc(Cl)c(C(C)C)c1. The maximum absolute atomic E-state index is 6.13. The van der Waals surface area contributed by atoms with Crippen molar-refractivity contribution in [2.45, 2.75) is 32.6 Å². The first-order chi connectivity index (χ1) is 7.15. The van der Waals surface area contributed by atoms with Crippen molar-refractivity contribution in [3.63, 3.8) is 0 Å². The third-order valence-electron chi connectivity index (χ3n) is 2.50. The Morgan fingerprint density at radius 1 is 1.33 bits per heavy atom. The van der Waals surface area contributed by atoms with Crippen LogP contribution in [0.15, 0.2) is 18.2 Å². The Bertz CT molecular complexity index is 307. The quantitative estimate of drug-likeness (QED) is 0.689. The van der Waals surface area contributed by atoms with Crippen molar-refractivity contribution in [1.82, 2.24) is 0 Å². The second kappa shape index (κ2) is 6.14. The molecule has 0 unspecified atom stereocenters. The lowest BCUT2D eigenvalue weighted by atomic mass is 9.99. The van der Waals surface area contributed by atoms with Gasteiger partial charge in [-0.25, -0.2) is 0 Å². The normalized spacial score (nSPS) is 11.0. The molecule has 1 nitrogen and oxygen atoms in total. The summed E-state index contributed by atoms with van der Waals surface area (Å²) >= 11 is 6.13. The third-order valence-corrected chi connectivity index (χ3v) is 2.84. The van der Waals surface area contributed by atoms with E-state index in [1.54, 1.807) is 7.11 Å². The molecule has 0 fully saturated rings. The van der Waals surface area contributed by atoms with Gasteiger partial charge in [-0.1, -0.05) is 37.6 Å². The third kappa shape index (κ3) is 3.84. The molecule has 0 aliphatic carbocycles. The minimum atomic E-state index is 0.486. The largest absolute Gasteiger partial charge is 0.385 e. The lowest BCUT2D eigenvalue weighted by Gasteiger charge is -2.10. The molecule has 0 aliphatic heterocycles. The highest BCUT2D eigenvalue weighted by Crippen LogP contribution is 2.25. The van der Waals surface area contributed by atoms with E-state index in [9.17, 15) is 0 Å². The molecule has 1 rings (SSSR count). The number of methoxy groups -OCH3 is 1. The average Bonchev–Trinajstić information content (AvgIpc) is 2.20. The lowest BCUT2D eigenvalue weighted by molar-refractivity contribution is 0.195. The molecule has 0 N–H and O–H groups in total. The molecule has 1 aromatic rings. The number of benzene rings is 1. The van der Waals surface area contributed by atoms with Gasteiger partial charge in [-0.05, 0) is 36.0 Å². The Morgan fingerprint density at radius 3 is 2.67 bits per heavy atom. The van der Waals surface area contributed by atoms with Gasteiger partial charge in [0.1, 0.15) is 0 Å². The fourth-order valence-corrected chi connectivity index (χ4v) is 1.95. The Kier molecular flexibility index (Phi) is 5.13. The minimum Gasteiger partial charge on any atom is -0.385 e. The van der Waals surface area contributed by atoms with Crippen molar-refractivity contribution < 1.29 is 4.74 Å². The summed E-state index contributed by atoms with van der Waals surface area (Å²) in [6.07, 6.45) is 2.13. The monoisotopic (exact) mass is 226 g/mol. The predicted molar refractivity (Wildman–Crippen MR) is 65.7 cm³/mol. The van der Waals surface area contributed by atoms with Gasteiger partial charge in [-0.2, -0.15) is 0 Å². The van der Waals surface area contributed by atoms with Crippen molar-refractivity contribution >= 4 is 11.6 Å². The fourth-order valence-electron chi connectivity index (χ4n) is 1.61. The van der Waals surface area contributed by atoms with E-state index in [1.165, 1.54) is 11.1 Å². The number of aryl methyl sites for hydroxylation is 1. The smallest absolute Gasteiger partial charge is 0.0465 e. The molecule has 0 saturated carbocycles. The summed E-state index contributed by atoms with van der Waals surface area (Å²) < 4.78 is 5.04. The van der Waals surface area contributed by atoms with Gasteiger partial charge in [0.15, 0.2) is 0 Å². The van der Waals surface area contributed by atoms with Gasteiger partial charge in [0, 0.05) is 18.7 Å². The zero-order valence-electron chi connectivity index (χ0n) is 9.72. The topological polar surface area (TPSA) is 9.23 Å². The van der Waals surface area contributed by atoms with Crippen LogP contribution in [0.2, 0.25) is 5.02 Å². The molecule has 2 heteroatoms. The van der Waals surface area contributed by atoms with E-state index in [4.69, 9.17) is 16.3 Å². The van der Waals surface area contributed by atoms with E-state index in [1.807, 2.05) is 6.07 Å². The number of halogens is 1.